The fourth-order valence-corrected chi connectivity index (χ4v) is 1.36. The maximum absolute atomic E-state index is 11.8. The smallest absolute Gasteiger partial charge is 0.267 e. The molecule has 0 N–H and O–H groups in total. The molecular weight excluding hydrogens is 176 g/mol. The van der Waals surface area contributed by atoms with Crippen molar-refractivity contribution in [1.82, 2.24) is 9.78 Å². The summed E-state index contributed by atoms with van der Waals surface area (Å²) in [7, 11) is 0. The molecule has 3 heteroatoms. The number of aromatic nitrogens is 2. The van der Waals surface area contributed by atoms with Gasteiger partial charge in [-0.3, -0.25) is 4.79 Å². The van der Waals surface area contributed by atoms with Gasteiger partial charge < -0.3 is 0 Å². The lowest BCUT2D eigenvalue weighted by Gasteiger charge is -2.03. The zero-order chi connectivity index (χ0) is 10.1. The van der Waals surface area contributed by atoms with Crippen LogP contribution in [-0.4, -0.2) is 9.78 Å². The molecule has 0 aliphatic carbocycles. The zero-order valence-corrected chi connectivity index (χ0v) is 7.90. The highest BCUT2D eigenvalue weighted by atomic mass is 16.1. The van der Waals surface area contributed by atoms with Gasteiger partial charge in [-0.05, 0) is 13.0 Å². The summed E-state index contributed by atoms with van der Waals surface area (Å²) < 4.78 is 1.31. The van der Waals surface area contributed by atoms with Crippen molar-refractivity contribution < 1.29 is 0 Å². The van der Waals surface area contributed by atoms with Crippen molar-refractivity contribution in [2.24, 2.45) is 0 Å². The van der Waals surface area contributed by atoms with Crippen LogP contribution in [-0.2, 0) is 0 Å². The van der Waals surface area contributed by atoms with Crippen LogP contribution in [0, 0.1) is 0 Å². The van der Waals surface area contributed by atoms with Gasteiger partial charge in [0.1, 0.15) is 0 Å². The van der Waals surface area contributed by atoms with Crippen LogP contribution in [0.2, 0.25) is 0 Å². The van der Waals surface area contributed by atoms with Gasteiger partial charge in [-0.15, -0.1) is 0 Å². The first-order valence-electron chi connectivity index (χ1n) is 4.33. The number of benzene rings is 1. The molecule has 70 valence electrons. The lowest BCUT2D eigenvalue weighted by Crippen LogP contribution is -2.20. The normalized spacial score (nSPS) is 10.4. The van der Waals surface area contributed by atoms with Crippen LogP contribution in [0.25, 0.3) is 16.5 Å². The minimum Gasteiger partial charge on any atom is -0.267 e. The standard InChI is InChI=1S/C11H10N2O/c1-8(2)13-11(14)10-6-4-3-5-9(10)7-12-13/h3-7H,1H2,2H3. The number of nitrogens with zero attached hydrogens (tertiary/aromatic N) is 2. The zero-order valence-electron chi connectivity index (χ0n) is 7.90. The number of rotatable bonds is 1. The Morgan fingerprint density at radius 1 is 1.43 bits per heavy atom. The molecule has 0 bridgehead atoms. The van der Waals surface area contributed by atoms with E-state index in [1.807, 2.05) is 18.2 Å². The van der Waals surface area contributed by atoms with Crippen molar-refractivity contribution in [2.75, 3.05) is 0 Å². The van der Waals surface area contributed by atoms with Crippen molar-refractivity contribution in [1.29, 1.82) is 0 Å². The molecule has 2 aromatic rings. The van der Waals surface area contributed by atoms with Crippen molar-refractivity contribution in [2.45, 2.75) is 6.92 Å². The number of hydrogen-bond donors (Lipinski definition) is 0. The molecule has 0 saturated carbocycles. The second kappa shape index (κ2) is 3.10. The lowest BCUT2D eigenvalue weighted by atomic mass is 10.2. The molecule has 2 rings (SSSR count). The average Bonchev–Trinajstić information content (AvgIpc) is 2.18. The summed E-state index contributed by atoms with van der Waals surface area (Å²) >= 11 is 0. The van der Waals surface area contributed by atoms with E-state index < -0.39 is 0 Å². The topological polar surface area (TPSA) is 34.9 Å². The molecule has 14 heavy (non-hydrogen) atoms. The molecular formula is C11H10N2O. The van der Waals surface area contributed by atoms with Crippen LogP contribution in [0.15, 0.2) is 41.8 Å². The fourth-order valence-electron chi connectivity index (χ4n) is 1.36. The molecule has 0 atom stereocenters. The van der Waals surface area contributed by atoms with E-state index in [-0.39, 0.29) is 5.56 Å². The van der Waals surface area contributed by atoms with Crippen LogP contribution in [0.1, 0.15) is 6.92 Å². The highest BCUT2D eigenvalue weighted by molar-refractivity contribution is 5.80. The van der Waals surface area contributed by atoms with Crippen molar-refractivity contribution in [3.05, 3.63) is 47.4 Å². The first-order chi connectivity index (χ1) is 6.70. The number of fused-ring (bicyclic) bond motifs is 1. The summed E-state index contributed by atoms with van der Waals surface area (Å²) in [5.41, 5.74) is 0.511. The molecule has 0 saturated heterocycles. The van der Waals surface area contributed by atoms with Gasteiger partial charge in [-0.25, -0.2) is 4.68 Å². The molecule has 0 fully saturated rings. The number of hydrogen-bond acceptors (Lipinski definition) is 2. The van der Waals surface area contributed by atoms with E-state index in [2.05, 4.69) is 11.7 Å². The van der Waals surface area contributed by atoms with Gasteiger partial charge in [0.25, 0.3) is 5.56 Å². The van der Waals surface area contributed by atoms with Crippen LogP contribution in [0.4, 0.5) is 0 Å². The minimum atomic E-state index is -0.115. The van der Waals surface area contributed by atoms with Gasteiger partial charge in [-0.1, -0.05) is 24.8 Å². The average molecular weight is 186 g/mol. The number of allylic oxidation sites excluding steroid dienone is 1. The van der Waals surface area contributed by atoms with Gasteiger partial charge in [0.05, 0.1) is 11.6 Å². The summed E-state index contributed by atoms with van der Waals surface area (Å²) in [6.07, 6.45) is 1.67. The Bertz CT molecular complexity index is 554. The van der Waals surface area contributed by atoms with Gasteiger partial charge in [-0.2, -0.15) is 5.10 Å². The van der Waals surface area contributed by atoms with E-state index in [0.29, 0.717) is 11.1 Å². The largest absolute Gasteiger partial charge is 0.279 e. The van der Waals surface area contributed by atoms with E-state index in [1.165, 1.54) is 4.68 Å². The second-order valence-corrected chi connectivity index (χ2v) is 3.18. The van der Waals surface area contributed by atoms with Crippen molar-refractivity contribution in [3.63, 3.8) is 0 Å². The van der Waals surface area contributed by atoms with Crippen LogP contribution in [0.5, 0.6) is 0 Å². The maximum atomic E-state index is 11.8. The van der Waals surface area contributed by atoms with Gasteiger partial charge >= 0.3 is 0 Å². The molecule has 3 nitrogen and oxygen atoms in total. The van der Waals surface area contributed by atoms with Gasteiger partial charge in [0, 0.05) is 11.1 Å². The summed E-state index contributed by atoms with van der Waals surface area (Å²) in [4.78, 5) is 11.8. The van der Waals surface area contributed by atoms with E-state index in [0.717, 1.165) is 5.39 Å². The Balaban J connectivity index is 2.89. The van der Waals surface area contributed by atoms with E-state index >= 15 is 0 Å². The van der Waals surface area contributed by atoms with E-state index in [4.69, 9.17) is 0 Å². The third-order valence-corrected chi connectivity index (χ3v) is 2.06. The van der Waals surface area contributed by atoms with Crippen molar-refractivity contribution in [3.8, 4) is 0 Å². The van der Waals surface area contributed by atoms with Crippen LogP contribution >= 0.6 is 0 Å². The van der Waals surface area contributed by atoms with Crippen LogP contribution in [0.3, 0.4) is 0 Å². The maximum Gasteiger partial charge on any atom is 0.279 e. The predicted molar refractivity (Wildman–Crippen MR) is 57.0 cm³/mol. The summed E-state index contributed by atoms with van der Waals surface area (Å²) in [5, 5.41) is 5.54. The Hall–Kier alpha value is -1.90. The molecule has 1 aromatic heterocycles. The summed E-state index contributed by atoms with van der Waals surface area (Å²) in [6.45, 7) is 5.45. The second-order valence-electron chi connectivity index (χ2n) is 3.18. The third-order valence-electron chi connectivity index (χ3n) is 2.06. The molecule has 0 unspecified atom stereocenters. The quantitative estimate of drug-likeness (QED) is 0.681. The molecule has 0 aliphatic rings. The third kappa shape index (κ3) is 1.23. The first kappa shape index (κ1) is 8.69. The molecule has 0 amide bonds. The van der Waals surface area contributed by atoms with Gasteiger partial charge in [0.2, 0.25) is 0 Å². The summed E-state index contributed by atoms with van der Waals surface area (Å²) in [6, 6.07) is 7.38. The van der Waals surface area contributed by atoms with Crippen molar-refractivity contribution >= 4 is 16.5 Å². The van der Waals surface area contributed by atoms with E-state index in [9.17, 15) is 4.79 Å². The predicted octanol–water partition coefficient (Wildman–Crippen LogP) is 1.89. The summed E-state index contributed by atoms with van der Waals surface area (Å²) in [5.74, 6) is 0. The molecule has 1 heterocycles. The minimum absolute atomic E-state index is 0.115. The monoisotopic (exact) mass is 186 g/mol. The molecule has 1 aromatic carbocycles. The van der Waals surface area contributed by atoms with Crippen LogP contribution < -0.4 is 5.56 Å². The Morgan fingerprint density at radius 2 is 2.14 bits per heavy atom. The first-order valence-corrected chi connectivity index (χ1v) is 4.33. The molecule has 0 aliphatic heterocycles. The lowest BCUT2D eigenvalue weighted by molar-refractivity contribution is 0.837. The van der Waals surface area contributed by atoms with E-state index in [1.54, 1.807) is 19.2 Å². The van der Waals surface area contributed by atoms with Gasteiger partial charge in [0.15, 0.2) is 0 Å². The highest BCUT2D eigenvalue weighted by Crippen LogP contribution is 2.07. The fraction of sp³-hybridized carbons (Fsp3) is 0.0909. The Labute approximate surface area is 81.3 Å². The SMILES string of the molecule is C=C(C)n1ncc2ccccc2c1=O. The highest BCUT2D eigenvalue weighted by Gasteiger charge is 2.02. The Morgan fingerprint density at radius 3 is 2.86 bits per heavy atom. The molecule has 0 spiro atoms. The Kier molecular flexibility index (Phi) is 1.93. The molecule has 0 radical (unpaired) electrons.